The molecule has 0 radical (unpaired) electrons. The molecular weight excluding hydrogens is 1030 g/mol. The summed E-state index contributed by atoms with van der Waals surface area (Å²) >= 11 is 0. The molecule has 26 heteroatoms. The molecule has 0 amide bonds. The van der Waals surface area contributed by atoms with Crippen LogP contribution in [0, 0.1) is 6.92 Å². The Morgan fingerprint density at radius 1 is 0.434 bits per heavy atom. The van der Waals surface area contributed by atoms with Crippen molar-refractivity contribution in [3.8, 4) is 34.5 Å². The summed E-state index contributed by atoms with van der Waals surface area (Å²) < 4.78 is 113. The average Bonchev–Trinajstić information content (AvgIpc) is 3.40. The van der Waals surface area contributed by atoms with Crippen LogP contribution in [0.1, 0.15) is 26.3 Å². The van der Waals surface area contributed by atoms with E-state index in [4.69, 9.17) is 90.6 Å². The zero-order chi connectivity index (χ0) is 56.1. The number of aryl methyl sites for hydroxylation is 1. The number of hydrogen-bond acceptors (Lipinski definition) is 24. The summed E-state index contributed by atoms with van der Waals surface area (Å²) in [7, 11) is 3.88. The van der Waals surface area contributed by atoms with E-state index in [0.717, 1.165) is 17.7 Å². The zero-order valence-corrected chi connectivity index (χ0v) is 45.2. The molecule has 0 atom stereocenters. The SMILES string of the molecule is COC(=O)c1cc(O)c(O)c(O)c1.COCCOCCOCCOS(=O)(=O)c1ccc(C)cc1.COCCOCCOCCOc1cc(C(=O)O)cc(OCCOCCOCCOC)c1OCCOCCOCCOC. The monoisotopic (exact) mass is 1110 g/mol. The first-order valence-corrected chi connectivity index (χ1v) is 25.3. The van der Waals surface area contributed by atoms with Crippen molar-refractivity contribution in [3.05, 3.63) is 65.2 Å². The third kappa shape index (κ3) is 33.1. The molecule has 0 aliphatic carbocycles. The Labute approximate surface area is 445 Å². The molecule has 0 aromatic heterocycles. The van der Waals surface area contributed by atoms with Crippen molar-refractivity contribution in [2.45, 2.75) is 11.8 Å². The van der Waals surface area contributed by atoms with Crippen LogP contribution < -0.4 is 14.2 Å². The number of aromatic carboxylic acids is 1. The first-order valence-electron chi connectivity index (χ1n) is 23.9. The smallest absolute Gasteiger partial charge is 0.338 e. The van der Waals surface area contributed by atoms with Gasteiger partial charge in [-0.05, 0) is 43.3 Å². The number of benzene rings is 3. The van der Waals surface area contributed by atoms with Crippen LogP contribution in [0.25, 0.3) is 0 Å². The van der Waals surface area contributed by atoms with Gasteiger partial charge in [0.05, 0.1) is 162 Å². The summed E-state index contributed by atoms with van der Waals surface area (Å²) in [5.74, 6) is -2.97. The second-order valence-corrected chi connectivity index (χ2v) is 16.6. The maximum absolute atomic E-state index is 11.8. The van der Waals surface area contributed by atoms with Crippen LogP contribution in [-0.2, 0) is 75.9 Å². The van der Waals surface area contributed by atoms with E-state index in [1.807, 2.05) is 6.92 Å². The topological polar surface area (TPSA) is 306 Å². The van der Waals surface area contributed by atoms with Gasteiger partial charge in [-0.3, -0.25) is 4.18 Å². The molecule has 3 aromatic rings. The van der Waals surface area contributed by atoms with Crippen molar-refractivity contribution in [2.24, 2.45) is 0 Å². The van der Waals surface area contributed by atoms with Crippen molar-refractivity contribution < 1.29 is 118 Å². The van der Waals surface area contributed by atoms with Crippen LogP contribution in [-0.4, -0.2) is 235 Å². The normalized spacial score (nSPS) is 11.0. The number of phenolic OH excluding ortho intramolecular Hbond substituents is 3. The highest BCUT2D eigenvalue weighted by Gasteiger charge is 2.20. The molecule has 4 N–H and O–H groups in total. The molecule has 434 valence electrons. The number of esters is 1. The van der Waals surface area contributed by atoms with Crippen molar-refractivity contribution in [2.75, 3.05) is 194 Å². The van der Waals surface area contributed by atoms with Gasteiger partial charge in [0.25, 0.3) is 10.1 Å². The first kappa shape index (κ1) is 68.8. The van der Waals surface area contributed by atoms with E-state index in [9.17, 15) is 23.1 Å². The summed E-state index contributed by atoms with van der Waals surface area (Å²) in [6.45, 7) is 10.6. The van der Waals surface area contributed by atoms with Crippen LogP contribution >= 0.6 is 0 Å². The Balaban J connectivity index is 0.000000693. The molecular formula is C50H78O25S. The zero-order valence-electron chi connectivity index (χ0n) is 44.4. The summed E-state index contributed by atoms with van der Waals surface area (Å²) in [6.07, 6.45) is 0. The van der Waals surface area contributed by atoms with Gasteiger partial charge in [-0.1, -0.05) is 17.7 Å². The van der Waals surface area contributed by atoms with Crippen molar-refractivity contribution in [1.29, 1.82) is 0 Å². The lowest BCUT2D eigenvalue weighted by Gasteiger charge is -2.18. The van der Waals surface area contributed by atoms with Crippen LogP contribution in [0.5, 0.6) is 34.5 Å². The van der Waals surface area contributed by atoms with Crippen LogP contribution in [0.2, 0.25) is 0 Å². The molecule has 0 unspecified atom stereocenters. The average molecular weight is 1110 g/mol. The maximum Gasteiger partial charge on any atom is 0.338 e. The number of aromatic hydroxyl groups is 3. The van der Waals surface area contributed by atoms with Gasteiger partial charge in [0, 0.05) is 28.4 Å². The maximum atomic E-state index is 11.8. The number of rotatable bonds is 43. The Bertz CT molecular complexity index is 1990. The number of ether oxygens (including phenoxy) is 16. The van der Waals surface area contributed by atoms with E-state index in [1.54, 1.807) is 40.6 Å². The molecule has 0 bridgehead atoms. The quantitative estimate of drug-likeness (QED) is 0.0273. The molecule has 0 saturated carbocycles. The molecule has 0 fully saturated rings. The van der Waals surface area contributed by atoms with Crippen LogP contribution in [0.15, 0.2) is 53.4 Å². The van der Waals surface area contributed by atoms with Gasteiger partial charge in [0.1, 0.15) is 19.8 Å². The van der Waals surface area contributed by atoms with Crippen LogP contribution in [0.3, 0.4) is 0 Å². The molecule has 3 rings (SSSR count). The lowest BCUT2D eigenvalue weighted by Crippen LogP contribution is -2.16. The van der Waals surface area contributed by atoms with Gasteiger partial charge >= 0.3 is 11.9 Å². The number of hydrogen-bond donors (Lipinski definition) is 4. The standard InChI is InChI=1S/C28H48O14.C14H22O6S.C8H8O5/c1-31-4-7-34-10-13-37-16-19-40-25-22-24(28(29)30)23-26(41-20-17-38-14-11-35-8-5-32-2)27(25)42-21-18-39-15-12-36-9-6-33-3;1-13-3-5-14(6-4-13)21(15,16)20-12-11-19-10-9-18-8-7-17-2;1-13-8(12)4-2-5(9)7(11)6(10)3-4/h22-23H,4-21H2,1-3H3,(H,29,30);3-6H,7-12H2,1-2H3;2-3,9-11H,1H3. The highest BCUT2D eigenvalue weighted by molar-refractivity contribution is 7.86. The largest absolute Gasteiger partial charge is 0.504 e. The van der Waals surface area contributed by atoms with E-state index in [-0.39, 0.29) is 86.1 Å². The van der Waals surface area contributed by atoms with Gasteiger partial charge in [-0.15, -0.1) is 0 Å². The fourth-order valence-electron chi connectivity index (χ4n) is 5.35. The molecule has 0 saturated heterocycles. The second-order valence-electron chi connectivity index (χ2n) is 15.0. The van der Waals surface area contributed by atoms with Gasteiger partial charge in [-0.25, -0.2) is 9.59 Å². The second kappa shape index (κ2) is 44.9. The van der Waals surface area contributed by atoms with Gasteiger partial charge in [0.2, 0.25) is 5.75 Å². The number of carbonyl (C=O) groups is 2. The minimum Gasteiger partial charge on any atom is -0.504 e. The summed E-state index contributed by atoms with van der Waals surface area (Å²) in [5.41, 5.74) is 0.942. The van der Waals surface area contributed by atoms with E-state index < -0.39 is 39.3 Å². The van der Waals surface area contributed by atoms with Crippen molar-refractivity contribution >= 4 is 22.1 Å². The fraction of sp³-hybridized carbons (Fsp3) is 0.600. The van der Waals surface area contributed by atoms with Crippen molar-refractivity contribution in [1.82, 2.24) is 0 Å². The van der Waals surface area contributed by atoms with E-state index in [0.29, 0.717) is 106 Å². The predicted octanol–water partition coefficient (Wildman–Crippen LogP) is 3.53. The van der Waals surface area contributed by atoms with Gasteiger partial charge in [-0.2, -0.15) is 8.42 Å². The van der Waals surface area contributed by atoms with E-state index in [2.05, 4.69) is 4.74 Å². The first-order chi connectivity index (χ1) is 36.8. The van der Waals surface area contributed by atoms with Crippen molar-refractivity contribution in [3.63, 3.8) is 0 Å². The molecule has 76 heavy (non-hydrogen) atoms. The van der Waals surface area contributed by atoms with E-state index in [1.165, 1.54) is 31.4 Å². The number of phenols is 3. The number of carboxylic acids is 1. The Morgan fingerprint density at radius 3 is 1.11 bits per heavy atom. The third-order valence-electron chi connectivity index (χ3n) is 9.19. The third-order valence-corrected chi connectivity index (χ3v) is 10.5. The molecule has 0 heterocycles. The molecule has 0 aliphatic rings. The molecule has 3 aromatic carbocycles. The van der Waals surface area contributed by atoms with Crippen LogP contribution in [0.4, 0.5) is 0 Å². The summed E-state index contributed by atoms with van der Waals surface area (Å²) in [4.78, 5) is 22.9. The number of carbonyl (C=O) groups excluding carboxylic acids is 1. The number of methoxy groups -OCH3 is 5. The molecule has 0 aliphatic heterocycles. The summed E-state index contributed by atoms with van der Waals surface area (Å²) in [5, 5.41) is 36.6. The fourth-order valence-corrected chi connectivity index (χ4v) is 6.25. The van der Waals surface area contributed by atoms with Gasteiger partial charge in [0.15, 0.2) is 28.7 Å². The van der Waals surface area contributed by atoms with Gasteiger partial charge < -0.3 is 96.2 Å². The highest BCUT2D eigenvalue weighted by atomic mass is 32.2. The molecule has 0 spiro atoms. The minimum absolute atomic E-state index is 0.0169. The lowest BCUT2D eigenvalue weighted by atomic mass is 10.2. The molecule has 25 nitrogen and oxygen atoms in total. The van der Waals surface area contributed by atoms with E-state index >= 15 is 0 Å². The minimum atomic E-state index is -3.71. The Morgan fingerprint density at radius 2 is 0.763 bits per heavy atom. The highest BCUT2D eigenvalue weighted by Crippen LogP contribution is 2.39. The number of carboxylic acid groups (broad SMARTS) is 1. The Kier molecular flexibility index (Phi) is 40.7. The summed E-state index contributed by atoms with van der Waals surface area (Å²) in [6, 6.07) is 11.3. The lowest BCUT2D eigenvalue weighted by molar-refractivity contribution is 0.0146. The predicted molar refractivity (Wildman–Crippen MR) is 271 cm³/mol. The Hall–Kier alpha value is -5.17.